The van der Waals surface area contributed by atoms with Crippen LogP contribution in [0, 0.1) is 13.8 Å². The van der Waals surface area contributed by atoms with Gasteiger partial charge in [0.05, 0.1) is 17.5 Å². The van der Waals surface area contributed by atoms with Gasteiger partial charge in [-0.3, -0.25) is 4.68 Å². The molecule has 0 spiro atoms. The average Bonchev–Trinajstić information content (AvgIpc) is 3.00. The molecule has 2 heterocycles. The van der Waals surface area contributed by atoms with E-state index in [2.05, 4.69) is 15.1 Å². The molecule has 126 valence electrons. The lowest BCUT2D eigenvalue weighted by Gasteiger charge is -2.06. The molecule has 0 bridgehead atoms. The van der Waals surface area contributed by atoms with Gasteiger partial charge in [0.25, 0.3) is 0 Å². The second kappa shape index (κ2) is 6.68. The van der Waals surface area contributed by atoms with Crippen LogP contribution < -0.4 is 0 Å². The Hall–Kier alpha value is -3.28. The van der Waals surface area contributed by atoms with Crippen molar-refractivity contribution in [1.82, 2.24) is 19.7 Å². The van der Waals surface area contributed by atoms with E-state index in [0.29, 0.717) is 11.4 Å². The fourth-order valence-corrected chi connectivity index (χ4v) is 2.61. The number of nitrogens with zero attached hydrogens (tertiary/aromatic N) is 4. The fraction of sp³-hybridized carbons (Fsp3) is 0.158. The summed E-state index contributed by atoms with van der Waals surface area (Å²) in [4.78, 5) is 20.1. The van der Waals surface area contributed by atoms with Crippen LogP contribution in [0.15, 0.2) is 36.8 Å². The molecular weight excluding hydrogens is 316 g/mol. The molecule has 1 N–H and O–H groups in total. The third-order valence-corrected chi connectivity index (χ3v) is 3.93. The second-order valence-corrected chi connectivity index (χ2v) is 5.86. The topological polar surface area (TPSA) is 80.9 Å². The van der Waals surface area contributed by atoms with E-state index < -0.39 is 5.97 Å². The van der Waals surface area contributed by atoms with Crippen molar-refractivity contribution in [3.05, 3.63) is 64.9 Å². The van der Waals surface area contributed by atoms with Crippen molar-refractivity contribution >= 4 is 18.1 Å². The molecule has 0 saturated carbocycles. The molecule has 0 unspecified atom stereocenters. The molecule has 3 aromatic rings. The van der Waals surface area contributed by atoms with Crippen LogP contribution in [0.3, 0.4) is 0 Å². The third kappa shape index (κ3) is 3.63. The van der Waals surface area contributed by atoms with E-state index in [1.165, 1.54) is 0 Å². The zero-order valence-electron chi connectivity index (χ0n) is 14.3. The van der Waals surface area contributed by atoms with Crippen LogP contribution in [0.1, 0.15) is 32.9 Å². The number of aromatic nitrogens is 4. The van der Waals surface area contributed by atoms with E-state index in [1.54, 1.807) is 36.1 Å². The Morgan fingerprint density at radius 3 is 2.68 bits per heavy atom. The van der Waals surface area contributed by atoms with Gasteiger partial charge in [0.1, 0.15) is 0 Å². The molecule has 0 atom stereocenters. The highest BCUT2D eigenvalue weighted by molar-refractivity contribution is 5.90. The fourth-order valence-electron chi connectivity index (χ4n) is 2.61. The molecule has 0 aliphatic carbocycles. The predicted molar refractivity (Wildman–Crippen MR) is 96.0 cm³/mol. The molecule has 2 aromatic heterocycles. The van der Waals surface area contributed by atoms with Crippen molar-refractivity contribution in [2.45, 2.75) is 13.8 Å². The molecule has 0 aliphatic rings. The van der Waals surface area contributed by atoms with Gasteiger partial charge in [0.15, 0.2) is 5.82 Å². The van der Waals surface area contributed by atoms with Gasteiger partial charge in [-0.15, -0.1) is 0 Å². The smallest absolute Gasteiger partial charge is 0.335 e. The van der Waals surface area contributed by atoms with Gasteiger partial charge in [0.2, 0.25) is 0 Å². The lowest BCUT2D eigenvalue weighted by atomic mass is 9.99. The quantitative estimate of drug-likeness (QED) is 0.791. The number of hydrogen-bond donors (Lipinski definition) is 1. The summed E-state index contributed by atoms with van der Waals surface area (Å²) < 4.78 is 1.72. The first kappa shape index (κ1) is 16.6. The monoisotopic (exact) mass is 334 g/mol. The summed E-state index contributed by atoms with van der Waals surface area (Å²) in [6.07, 6.45) is 8.95. The second-order valence-electron chi connectivity index (χ2n) is 5.86. The maximum atomic E-state index is 11.3. The molecule has 1 aromatic carbocycles. The SMILES string of the molecule is Cc1cc(C)c(C(=O)O)cc1C=Cc1nccc(-c2cnn(C)c2)n1. The van der Waals surface area contributed by atoms with E-state index in [1.807, 2.05) is 38.4 Å². The average molecular weight is 334 g/mol. The third-order valence-electron chi connectivity index (χ3n) is 3.93. The minimum Gasteiger partial charge on any atom is -0.478 e. The summed E-state index contributed by atoms with van der Waals surface area (Å²) in [5.41, 5.74) is 4.58. The zero-order chi connectivity index (χ0) is 18.0. The highest BCUT2D eigenvalue weighted by Crippen LogP contribution is 2.19. The van der Waals surface area contributed by atoms with Gasteiger partial charge >= 0.3 is 5.97 Å². The van der Waals surface area contributed by atoms with Gasteiger partial charge in [0, 0.05) is 25.0 Å². The van der Waals surface area contributed by atoms with Crippen molar-refractivity contribution in [3.63, 3.8) is 0 Å². The number of carbonyl (C=O) groups is 1. The van der Waals surface area contributed by atoms with Crippen LogP contribution in [0.2, 0.25) is 0 Å². The molecule has 6 heteroatoms. The Bertz CT molecular complexity index is 973. The number of aryl methyl sites for hydroxylation is 3. The molecular formula is C19H18N4O2. The number of rotatable bonds is 4. The standard InChI is InChI=1S/C19H18N4O2/c1-12-8-13(2)16(19(24)25)9-14(12)4-5-18-20-7-6-17(22-18)15-10-21-23(3)11-15/h4-11H,1-3H3,(H,24,25). The summed E-state index contributed by atoms with van der Waals surface area (Å²) in [6.45, 7) is 3.75. The first-order valence-corrected chi connectivity index (χ1v) is 7.79. The molecule has 0 amide bonds. The molecule has 6 nitrogen and oxygen atoms in total. The van der Waals surface area contributed by atoms with E-state index in [-0.39, 0.29) is 0 Å². The van der Waals surface area contributed by atoms with E-state index in [4.69, 9.17) is 0 Å². The molecule has 3 rings (SSSR count). The summed E-state index contributed by atoms with van der Waals surface area (Å²) in [5, 5.41) is 13.4. The van der Waals surface area contributed by atoms with E-state index >= 15 is 0 Å². The number of hydrogen-bond acceptors (Lipinski definition) is 4. The Morgan fingerprint density at radius 1 is 1.20 bits per heavy atom. The Balaban J connectivity index is 1.92. The molecule has 0 aliphatic heterocycles. The number of benzene rings is 1. The lowest BCUT2D eigenvalue weighted by molar-refractivity contribution is 0.0696. The molecule has 0 fully saturated rings. The maximum Gasteiger partial charge on any atom is 0.335 e. The van der Waals surface area contributed by atoms with Crippen molar-refractivity contribution < 1.29 is 9.90 Å². The van der Waals surface area contributed by atoms with Gasteiger partial charge in [-0.2, -0.15) is 5.10 Å². The minimum atomic E-state index is -0.929. The summed E-state index contributed by atoms with van der Waals surface area (Å²) in [5.74, 6) is -0.375. The predicted octanol–water partition coefficient (Wildman–Crippen LogP) is 3.36. The normalized spacial score (nSPS) is 11.2. The summed E-state index contributed by atoms with van der Waals surface area (Å²) in [6, 6.07) is 5.37. The van der Waals surface area contributed by atoms with Crippen molar-refractivity contribution in [2.75, 3.05) is 0 Å². The van der Waals surface area contributed by atoms with Crippen LogP contribution in [0.5, 0.6) is 0 Å². The molecule has 25 heavy (non-hydrogen) atoms. The largest absolute Gasteiger partial charge is 0.478 e. The number of carboxylic acid groups (broad SMARTS) is 1. The first-order chi connectivity index (χ1) is 11.9. The van der Waals surface area contributed by atoms with Crippen LogP contribution in [-0.2, 0) is 7.05 Å². The van der Waals surface area contributed by atoms with Crippen molar-refractivity contribution in [2.24, 2.45) is 7.05 Å². The van der Waals surface area contributed by atoms with Crippen LogP contribution in [-0.4, -0.2) is 30.8 Å². The number of aromatic carboxylic acids is 1. The number of carboxylic acids is 1. The van der Waals surface area contributed by atoms with Crippen molar-refractivity contribution in [3.8, 4) is 11.3 Å². The first-order valence-electron chi connectivity index (χ1n) is 7.79. The van der Waals surface area contributed by atoms with Crippen LogP contribution >= 0.6 is 0 Å². The highest BCUT2D eigenvalue weighted by Gasteiger charge is 2.09. The summed E-state index contributed by atoms with van der Waals surface area (Å²) >= 11 is 0. The lowest BCUT2D eigenvalue weighted by Crippen LogP contribution is -2.01. The maximum absolute atomic E-state index is 11.3. The highest BCUT2D eigenvalue weighted by atomic mass is 16.4. The Kier molecular flexibility index (Phi) is 4.43. The van der Waals surface area contributed by atoms with Gasteiger partial charge in [-0.1, -0.05) is 12.1 Å². The molecule has 0 saturated heterocycles. The van der Waals surface area contributed by atoms with Gasteiger partial charge < -0.3 is 5.11 Å². The van der Waals surface area contributed by atoms with Gasteiger partial charge in [-0.05, 0) is 48.7 Å². The zero-order valence-corrected chi connectivity index (χ0v) is 14.3. The van der Waals surface area contributed by atoms with Crippen LogP contribution in [0.4, 0.5) is 0 Å². The molecule has 0 radical (unpaired) electrons. The van der Waals surface area contributed by atoms with Crippen molar-refractivity contribution in [1.29, 1.82) is 0 Å². The van der Waals surface area contributed by atoms with E-state index in [9.17, 15) is 9.90 Å². The van der Waals surface area contributed by atoms with E-state index in [0.717, 1.165) is 27.9 Å². The Labute approximate surface area is 145 Å². The summed E-state index contributed by atoms with van der Waals surface area (Å²) in [7, 11) is 1.85. The Morgan fingerprint density at radius 2 is 2.00 bits per heavy atom. The van der Waals surface area contributed by atoms with Gasteiger partial charge in [-0.25, -0.2) is 14.8 Å². The van der Waals surface area contributed by atoms with Crippen LogP contribution in [0.25, 0.3) is 23.4 Å². The minimum absolute atomic E-state index is 0.301.